The van der Waals surface area contributed by atoms with Gasteiger partial charge in [-0.15, -0.1) is 0 Å². The van der Waals surface area contributed by atoms with Crippen molar-refractivity contribution < 1.29 is 16.9 Å². The minimum Gasteiger partial charge on any atom is -0.229 e. The number of rotatable bonds is 1. The highest BCUT2D eigenvalue weighted by molar-refractivity contribution is 5.76. The van der Waals surface area contributed by atoms with E-state index in [2.05, 4.69) is 0 Å². The van der Waals surface area contributed by atoms with Crippen LogP contribution in [0.3, 0.4) is 0 Å². The summed E-state index contributed by atoms with van der Waals surface area (Å²) in [7, 11) is 1.85. The maximum Gasteiger partial charge on any atom is 0.267 e. The molecule has 0 bridgehead atoms. The van der Waals surface area contributed by atoms with Gasteiger partial charge >= 0.3 is 0 Å². The van der Waals surface area contributed by atoms with Gasteiger partial charge in [0.15, 0.2) is 11.0 Å². The lowest BCUT2D eigenvalue weighted by Gasteiger charge is -2.18. The molecule has 0 saturated carbocycles. The summed E-state index contributed by atoms with van der Waals surface area (Å²) in [5.41, 5.74) is 0.0153. The van der Waals surface area contributed by atoms with E-state index in [-0.39, 0.29) is 22.4 Å². The molecule has 0 aliphatic rings. The van der Waals surface area contributed by atoms with Crippen LogP contribution in [0.25, 0.3) is 16.7 Å². The first kappa shape index (κ1) is 8.14. The highest BCUT2D eigenvalue weighted by Crippen LogP contribution is 2.31. The Hall–Kier alpha value is -2.09. The Morgan fingerprint density at radius 3 is 2.22 bits per heavy atom. The molecular formula is C21H27N2+. The van der Waals surface area contributed by atoms with E-state index in [1.807, 2.05) is 44.5 Å². The molecule has 1 aromatic heterocycles. The second-order valence-electron chi connectivity index (χ2n) is 6.88. The maximum atomic E-state index is 8.15. The van der Waals surface area contributed by atoms with Crippen molar-refractivity contribution >= 4 is 11.0 Å². The number of para-hydroxylation sites is 2. The number of nitrogens with zero attached hydrogens (tertiary/aromatic N) is 2. The second kappa shape index (κ2) is 5.23. The Morgan fingerprint density at radius 2 is 1.65 bits per heavy atom. The van der Waals surface area contributed by atoms with Gasteiger partial charge in [-0.1, -0.05) is 29.8 Å². The highest BCUT2D eigenvalue weighted by atomic mass is 15.2. The van der Waals surface area contributed by atoms with E-state index in [4.69, 9.17) is 12.3 Å². The van der Waals surface area contributed by atoms with Crippen LogP contribution in [0.4, 0.5) is 0 Å². The zero-order valence-corrected chi connectivity index (χ0v) is 13.9. The standard InChI is InChI=1S/C21H27N2/c1-14-12-15(2)19(16(3)13-14)23-18-11-9-8-10-17(18)22(7)20(23)21(4,5)6/h8-13H,1-7H3/q+1/i1D3,2D3,3D3. The number of fused-ring (bicyclic) bond motifs is 1. The van der Waals surface area contributed by atoms with E-state index in [9.17, 15) is 0 Å². The summed E-state index contributed by atoms with van der Waals surface area (Å²) < 4.78 is 75.8. The Morgan fingerprint density at radius 1 is 1.00 bits per heavy atom. The minimum absolute atomic E-state index is 0.0141. The summed E-state index contributed by atoms with van der Waals surface area (Å²) in [6.07, 6.45) is 0. The molecular weight excluding hydrogens is 280 g/mol. The fraction of sp³-hybridized carbons (Fsp3) is 0.381. The molecule has 0 unspecified atom stereocenters. The van der Waals surface area contributed by atoms with Crippen LogP contribution in [0.2, 0.25) is 0 Å². The van der Waals surface area contributed by atoms with E-state index in [1.54, 1.807) is 16.7 Å². The van der Waals surface area contributed by atoms with Crippen LogP contribution < -0.4 is 4.57 Å². The fourth-order valence-corrected chi connectivity index (χ4v) is 3.26. The normalized spacial score (nSPS) is 19.6. The molecule has 0 spiro atoms. The molecule has 2 heteroatoms. The molecule has 0 saturated heterocycles. The van der Waals surface area contributed by atoms with Crippen molar-refractivity contribution in [1.29, 1.82) is 0 Å². The largest absolute Gasteiger partial charge is 0.267 e. The van der Waals surface area contributed by atoms with Crippen molar-refractivity contribution in [2.24, 2.45) is 7.05 Å². The van der Waals surface area contributed by atoms with Crippen molar-refractivity contribution in [3.63, 3.8) is 0 Å². The predicted octanol–water partition coefficient (Wildman–Crippen LogP) is 4.68. The molecule has 3 aromatic rings. The van der Waals surface area contributed by atoms with Crippen molar-refractivity contribution in [1.82, 2.24) is 4.57 Å². The first-order chi connectivity index (χ1) is 14.3. The summed E-state index contributed by atoms with van der Waals surface area (Å²) >= 11 is 0. The molecule has 0 aliphatic heterocycles. The zero-order valence-electron chi connectivity index (χ0n) is 22.9. The molecule has 0 fully saturated rings. The second-order valence-corrected chi connectivity index (χ2v) is 6.88. The average Bonchev–Trinajstić information content (AvgIpc) is 2.91. The van der Waals surface area contributed by atoms with Crippen LogP contribution in [0.5, 0.6) is 0 Å². The van der Waals surface area contributed by atoms with Gasteiger partial charge in [-0.25, -0.2) is 4.57 Å². The molecule has 120 valence electrons. The van der Waals surface area contributed by atoms with Crippen LogP contribution in [-0.2, 0) is 12.5 Å². The van der Waals surface area contributed by atoms with Gasteiger partial charge < -0.3 is 0 Å². The molecule has 0 N–H and O–H groups in total. The van der Waals surface area contributed by atoms with E-state index >= 15 is 0 Å². The van der Waals surface area contributed by atoms with E-state index in [0.717, 1.165) is 17.6 Å². The fourth-order valence-electron chi connectivity index (χ4n) is 3.26. The van der Waals surface area contributed by atoms with Gasteiger partial charge in [-0.3, -0.25) is 0 Å². The number of aryl methyl sites for hydroxylation is 4. The molecule has 3 rings (SSSR count). The number of benzene rings is 2. The Balaban J connectivity index is 2.67. The highest BCUT2D eigenvalue weighted by Gasteiger charge is 2.34. The van der Waals surface area contributed by atoms with Gasteiger partial charge in [0.05, 0.1) is 12.5 Å². The van der Waals surface area contributed by atoms with Crippen molar-refractivity contribution in [3.05, 3.63) is 58.9 Å². The summed E-state index contributed by atoms with van der Waals surface area (Å²) in [5, 5.41) is 0. The van der Waals surface area contributed by atoms with Crippen LogP contribution in [-0.4, -0.2) is 4.57 Å². The van der Waals surface area contributed by atoms with Gasteiger partial charge in [0.1, 0.15) is 5.69 Å². The topological polar surface area (TPSA) is 8.81 Å². The van der Waals surface area contributed by atoms with E-state index < -0.39 is 26.0 Å². The quantitative estimate of drug-likeness (QED) is 0.577. The van der Waals surface area contributed by atoms with Gasteiger partial charge in [-0.2, -0.15) is 4.57 Å². The zero-order chi connectivity index (χ0) is 24.4. The van der Waals surface area contributed by atoms with E-state index in [1.165, 1.54) is 0 Å². The van der Waals surface area contributed by atoms with Crippen LogP contribution in [0.15, 0.2) is 36.4 Å². The number of imidazole rings is 1. The van der Waals surface area contributed by atoms with Gasteiger partial charge in [-0.05, 0) is 64.6 Å². The Kier molecular flexibility index (Phi) is 1.85. The number of hydrogen-bond donors (Lipinski definition) is 0. The molecule has 0 amide bonds. The maximum absolute atomic E-state index is 8.15. The molecule has 0 aliphatic carbocycles. The van der Waals surface area contributed by atoms with Crippen LogP contribution >= 0.6 is 0 Å². The summed E-state index contributed by atoms with van der Waals surface area (Å²) in [6.45, 7) is -2.27. The summed E-state index contributed by atoms with van der Waals surface area (Å²) in [6, 6.07) is 9.53. The molecule has 1 heterocycles. The summed E-state index contributed by atoms with van der Waals surface area (Å²) in [5.74, 6) is 0.691. The van der Waals surface area contributed by atoms with Crippen LogP contribution in [0.1, 0.15) is 55.6 Å². The molecule has 0 radical (unpaired) electrons. The molecule has 23 heavy (non-hydrogen) atoms. The first-order valence-corrected chi connectivity index (χ1v) is 7.55. The smallest absolute Gasteiger partial charge is 0.229 e. The molecule has 2 nitrogen and oxygen atoms in total. The summed E-state index contributed by atoms with van der Waals surface area (Å²) in [4.78, 5) is 0. The molecule has 0 atom stereocenters. The molecule has 2 aromatic carbocycles. The van der Waals surface area contributed by atoms with Crippen molar-refractivity contribution in [2.75, 3.05) is 0 Å². The van der Waals surface area contributed by atoms with E-state index in [0.29, 0.717) is 11.3 Å². The lowest BCUT2D eigenvalue weighted by atomic mass is 9.94. The SMILES string of the molecule is [2H]C([2H])([2H])c1cc(C([2H])([2H])[2H])c(-n2c(C(C)(C)C)[n+](C)c3ccccc32)c(C([2H])([2H])[2H])c1. The third-order valence-corrected chi connectivity index (χ3v) is 4.02. The van der Waals surface area contributed by atoms with Gasteiger partial charge in [0.2, 0.25) is 0 Å². The first-order valence-electron chi connectivity index (χ1n) is 12.0. The Bertz CT molecular complexity index is 1140. The minimum atomic E-state index is -2.74. The third kappa shape index (κ3) is 2.46. The monoisotopic (exact) mass is 316 g/mol. The predicted molar refractivity (Wildman–Crippen MR) is 97.4 cm³/mol. The number of aromatic nitrogens is 2. The lowest BCUT2D eigenvalue weighted by Crippen LogP contribution is -2.39. The van der Waals surface area contributed by atoms with Crippen molar-refractivity contribution in [3.8, 4) is 5.69 Å². The lowest BCUT2D eigenvalue weighted by molar-refractivity contribution is -0.657. The average molecular weight is 317 g/mol. The van der Waals surface area contributed by atoms with Gasteiger partial charge in [0, 0.05) is 12.3 Å². The number of hydrogen-bond acceptors (Lipinski definition) is 0. The Labute approximate surface area is 152 Å². The van der Waals surface area contributed by atoms with Crippen molar-refractivity contribution in [2.45, 2.75) is 46.7 Å². The van der Waals surface area contributed by atoms with Gasteiger partial charge in [0.25, 0.3) is 5.82 Å². The van der Waals surface area contributed by atoms with Crippen LogP contribution in [0, 0.1) is 20.6 Å². The third-order valence-electron chi connectivity index (χ3n) is 4.02.